The molecule has 0 aliphatic rings. The zero-order chi connectivity index (χ0) is 15.6. The molecule has 2 N–H and O–H groups in total. The molecule has 114 valence electrons. The third-order valence-electron chi connectivity index (χ3n) is 3.68. The summed E-state index contributed by atoms with van der Waals surface area (Å²) in [6, 6.07) is 9.62. The first-order valence-electron chi connectivity index (χ1n) is 7.44. The molecule has 21 heavy (non-hydrogen) atoms. The molecule has 2 aromatic rings. The van der Waals surface area contributed by atoms with Gasteiger partial charge in [-0.2, -0.15) is 0 Å². The molecule has 4 heteroatoms. The number of anilines is 1. The van der Waals surface area contributed by atoms with Gasteiger partial charge < -0.3 is 10.6 Å². The predicted octanol–water partition coefficient (Wildman–Crippen LogP) is 2.73. The van der Waals surface area contributed by atoms with E-state index in [1.54, 1.807) is 4.57 Å². The van der Waals surface area contributed by atoms with E-state index >= 15 is 0 Å². The van der Waals surface area contributed by atoms with Gasteiger partial charge in [0.1, 0.15) is 5.82 Å². The van der Waals surface area contributed by atoms with Crippen molar-refractivity contribution in [3.05, 3.63) is 40.7 Å². The molecular formula is C17H25N3O. The lowest BCUT2D eigenvalue weighted by atomic mass is 10.0. The number of rotatable bonds is 5. The molecule has 0 saturated heterocycles. The highest BCUT2D eigenvalue weighted by molar-refractivity contribution is 5.83. The first kappa shape index (κ1) is 15.6. The molecule has 4 nitrogen and oxygen atoms in total. The average Bonchev–Trinajstić information content (AvgIpc) is 2.37. The number of aromatic nitrogens is 1. The Labute approximate surface area is 126 Å². The average molecular weight is 287 g/mol. The lowest BCUT2D eigenvalue weighted by molar-refractivity contribution is 0.287. The normalized spacial score (nSPS) is 13.2. The minimum absolute atomic E-state index is 0.0121. The Hall–Kier alpha value is -1.81. The highest BCUT2D eigenvalue weighted by Gasteiger charge is 2.19. The molecule has 0 aliphatic heterocycles. The molecule has 0 amide bonds. The summed E-state index contributed by atoms with van der Waals surface area (Å²) >= 11 is 0. The number of pyridine rings is 1. The van der Waals surface area contributed by atoms with Crippen LogP contribution < -0.4 is 11.3 Å². The molecule has 0 bridgehead atoms. The molecular weight excluding hydrogens is 262 g/mol. The summed E-state index contributed by atoms with van der Waals surface area (Å²) in [5, 5.41) is 1.64. The maximum absolute atomic E-state index is 12.8. The largest absolute Gasteiger partial charge is 0.385 e. The number of fused-ring (bicyclic) bond motifs is 1. The monoisotopic (exact) mass is 287 g/mol. The molecule has 1 unspecified atom stereocenters. The van der Waals surface area contributed by atoms with Crippen LogP contribution in [-0.4, -0.2) is 30.1 Å². The van der Waals surface area contributed by atoms with Gasteiger partial charge in [0, 0.05) is 11.9 Å². The van der Waals surface area contributed by atoms with E-state index in [0.717, 1.165) is 23.7 Å². The van der Waals surface area contributed by atoms with Gasteiger partial charge in [-0.05, 0) is 44.0 Å². The number of nitrogen functional groups attached to an aromatic ring is 1. The van der Waals surface area contributed by atoms with Gasteiger partial charge in [-0.3, -0.25) is 9.36 Å². The van der Waals surface area contributed by atoms with Crippen LogP contribution in [0.1, 0.15) is 26.3 Å². The van der Waals surface area contributed by atoms with Gasteiger partial charge in [-0.1, -0.05) is 32.0 Å². The number of nitrogens with two attached hydrogens (primary N) is 1. The van der Waals surface area contributed by atoms with Crippen molar-refractivity contribution in [2.24, 2.45) is 5.92 Å². The van der Waals surface area contributed by atoms with E-state index in [4.69, 9.17) is 5.73 Å². The minimum Gasteiger partial charge on any atom is -0.385 e. The molecule has 0 aliphatic carbocycles. The molecule has 1 heterocycles. The fourth-order valence-corrected chi connectivity index (χ4v) is 2.90. The van der Waals surface area contributed by atoms with Crippen molar-refractivity contribution in [3.8, 4) is 0 Å². The van der Waals surface area contributed by atoms with Crippen molar-refractivity contribution in [1.29, 1.82) is 0 Å². The van der Waals surface area contributed by atoms with Crippen molar-refractivity contribution >= 4 is 16.6 Å². The van der Waals surface area contributed by atoms with Crippen molar-refractivity contribution < 1.29 is 0 Å². The van der Waals surface area contributed by atoms with Crippen LogP contribution in [0.3, 0.4) is 0 Å². The predicted molar refractivity (Wildman–Crippen MR) is 89.7 cm³/mol. The molecule has 2 rings (SSSR count). The Bertz CT molecular complexity index is 663. The second-order valence-electron chi connectivity index (χ2n) is 6.38. The van der Waals surface area contributed by atoms with Gasteiger partial charge >= 0.3 is 0 Å². The van der Waals surface area contributed by atoms with Crippen LogP contribution in [0.25, 0.3) is 10.8 Å². The van der Waals surface area contributed by atoms with Crippen LogP contribution >= 0.6 is 0 Å². The van der Waals surface area contributed by atoms with Crippen LogP contribution in [0.4, 0.5) is 5.82 Å². The van der Waals surface area contributed by atoms with Gasteiger partial charge in [0.25, 0.3) is 5.56 Å². The summed E-state index contributed by atoms with van der Waals surface area (Å²) in [5.74, 6) is 1.05. The Balaban J connectivity index is 2.58. The standard InChI is InChI=1S/C17H25N3O/c1-12(2)9-14(11-19(3)4)20-16(18)10-13-7-5-6-8-15(13)17(20)21/h5-8,10,12,14H,9,11,18H2,1-4H3. The maximum Gasteiger partial charge on any atom is 0.260 e. The van der Waals surface area contributed by atoms with Gasteiger partial charge in [0.05, 0.1) is 6.04 Å². The van der Waals surface area contributed by atoms with Crippen LogP contribution in [0.15, 0.2) is 35.1 Å². The molecule has 0 saturated carbocycles. The lowest BCUT2D eigenvalue weighted by Crippen LogP contribution is -2.34. The maximum atomic E-state index is 12.8. The van der Waals surface area contributed by atoms with Gasteiger partial charge in [-0.25, -0.2) is 0 Å². The van der Waals surface area contributed by atoms with Crippen LogP contribution in [0.2, 0.25) is 0 Å². The molecule has 1 aromatic carbocycles. The number of likely N-dealkylation sites (N-methyl/N-ethyl adjacent to an activating group) is 1. The summed E-state index contributed by atoms with van der Waals surface area (Å²) in [6.07, 6.45) is 0.931. The van der Waals surface area contributed by atoms with Crippen molar-refractivity contribution in [3.63, 3.8) is 0 Å². The molecule has 0 spiro atoms. The zero-order valence-corrected chi connectivity index (χ0v) is 13.3. The summed E-state index contributed by atoms with van der Waals surface area (Å²) in [6.45, 7) is 5.15. The van der Waals surface area contributed by atoms with E-state index in [9.17, 15) is 4.79 Å². The van der Waals surface area contributed by atoms with E-state index in [1.165, 1.54) is 0 Å². The van der Waals surface area contributed by atoms with E-state index in [2.05, 4.69) is 18.7 Å². The summed E-state index contributed by atoms with van der Waals surface area (Å²) in [5.41, 5.74) is 6.20. The van der Waals surface area contributed by atoms with E-state index in [1.807, 2.05) is 44.4 Å². The van der Waals surface area contributed by atoms with Crippen LogP contribution in [0.5, 0.6) is 0 Å². The van der Waals surface area contributed by atoms with Gasteiger partial charge in [0.15, 0.2) is 0 Å². The van der Waals surface area contributed by atoms with E-state index in [-0.39, 0.29) is 11.6 Å². The second-order valence-corrected chi connectivity index (χ2v) is 6.38. The van der Waals surface area contributed by atoms with Gasteiger partial charge in [-0.15, -0.1) is 0 Å². The fourth-order valence-electron chi connectivity index (χ4n) is 2.90. The zero-order valence-electron chi connectivity index (χ0n) is 13.3. The smallest absolute Gasteiger partial charge is 0.260 e. The second kappa shape index (κ2) is 6.31. The van der Waals surface area contributed by atoms with E-state index < -0.39 is 0 Å². The Morgan fingerprint density at radius 3 is 2.52 bits per heavy atom. The number of benzene rings is 1. The summed E-state index contributed by atoms with van der Waals surface area (Å²) in [4.78, 5) is 14.9. The number of hydrogen-bond acceptors (Lipinski definition) is 3. The summed E-state index contributed by atoms with van der Waals surface area (Å²) in [7, 11) is 4.05. The van der Waals surface area contributed by atoms with E-state index in [0.29, 0.717) is 11.7 Å². The molecule has 1 atom stereocenters. The SMILES string of the molecule is CC(C)CC(CN(C)C)n1c(N)cc2ccccc2c1=O. The van der Waals surface area contributed by atoms with Crippen LogP contribution in [-0.2, 0) is 0 Å². The third-order valence-corrected chi connectivity index (χ3v) is 3.68. The van der Waals surface area contributed by atoms with Crippen molar-refractivity contribution in [2.45, 2.75) is 26.3 Å². The Morgan fingerprint density at radius 2 is 1.90 bits per heavy atom. The summed E-state index contributed by atoms with van der Waals surface area (Å²) < 4.78 is 1.77. The number of nitrogens with zero attached hydrogens (tertiary/aromatic N) is 2. The van der Waals surface area contributed by atoms with Crippen molar-refractivity contribution in [2.75, 3.05) is 26.4 Å². The Kier molecular flexibility index (Phi) is 4.68. The van der Waals surface area contributed by atoms with Crippen molar-refractivity contribution in [1.82, 2.24) is 9.47 Å². The lowest BCUT2D eigenvalue weighted by Gasteiger charge is -2.26. The minimum atomic E-state index is 0.0121. The highest BCUT2D eigenvalue weighted by atomic mass is 16.1. The third kappa shape index (κ3) is 3.45. The quantitative estimate of drug-likeness (QED) is 0.920. The van der Waals surface area contributed by atoms with Crippen LogP contribution in [0, 0.1) is 5.92 Å². The molecule has 0 radical (unpaired) electrons. The first-order chi connectivity index (χ1) is 9.90. The molecule has 1 aromatic heterocycles. The fraction of sp³-hybridized carbons (Fsp3) is 0.471. The van der Waals surface area contributed by atoms with Gasteiger partial charge in [0.2, 0.25) is 0 Å². The molecule has 0 fully saturated rings. The first-order valence-corrected chi connectivity index (χ1v) is 7.44. The topological polar surface area (TPSA) is 51.3 Å². The Morgan fingerprint density at radius 1 is 1.24 bits per heavy atom. The number of hydrogen-bond donors (Lipinski definition) is 1. The highest BCUT2D eigenvalue weighted by Crippen LogP contribution is 2.22.